The van der Waals surface area contributed by atoms with Crippen LogP contribution in [-0.4, -0.2) is 23.4 Å². The Bertz CT molecular complexity index is 998. The van der Waals surface area contributed by atoms with E-state index in [0.29, 0.717) is 5.13 Å². The summed E-state index contributed by atoms with van der Waals surface area (Å²) in [5.74, 6) is -0.700. The lowest BCUT2D eigenvalue weighted by Gasteiger charge is -2.08. The Balaban J connectivity index is 1.63. The Morgan fingerprint density at radius 1 is 1.15 bits per heavy atom. The quantitative estimate of drug-likeness (QED) is 0.683. The summed E-state index contributed by atoms with van der Waals surface area (Å²) in [7, 11) is 0. The minimum Gasteiger partial charge on any atom is -0.483 e. The van der Waals surface area contributed by atoms with Gasteiger partial charge in [-0.25, -0.2) is 4.98 Å². The fraction of sp³-hybridized carbons (Fsp3) is 0.150. The van der Waals surface area contributed by atoms with Crippen LogP contribution in [0.1, 0.15) is 21.5 Å². The molecule has 0 atom stereocenters. The van der Waals surface area contributed by atoms with Crippen LogP contribution in [0.5, 0.6) is 5.75 Å². The van der Waals surface area contributed by atoms with Gasteiger partial charge in [-0.1, -0.05) is 24.3 Å². The minimum absolute atomic E-state index is 0.233. The molecule has 3 rings (SSSR count). The van der Waals surface area contributed by atoms with E-state index < -0.39 is 5.91 Å². The Morgan fingerprint density at radius 3 is 2.67 bits per heavy atom. The third-order valence-electron chi connectivity index (χ3n) is 4.06. The topological polar surface area (TPSA) is 94.3 Å². The van der Waals surface area contributed by atoms with Gasteiger partial charge in [-0.05, 0) is 43.2 Å². The number of primary amides is 1. The Morgan fingerprint density at radius 2 is 1.93 bits per heavy atom. The van der Waals surface area contributed by atoms with Crippen LogP contribution in [0.2, 0.25) is 0 Å². The fourth-order valence-corrected chi connectivity index (χ4v) is 3.20. The SMILES string of the molecule is Cc1ccc(-c2csc(NC(=O)COc3ccccc3C(N)=O)n2)cc1C. The molecular formula is C20H19N3O3S. The van der Waals surface area contributed by atoms with E-state index in [9.17, 15) is 9.59 Å². The van der Waals surface area contributed by atoms with Crippen molar-refractivity contribution < 1.29 is 14.3 Å². The van der Waals surface area contributed by atoms with Crippen molar-refractivity contribution in [2.75, 3.05) is 11.9 Å². The lowest BCUT2D eigenvalue weighted by molar-refractivity contribution is -0.118. The number of nitrogens with two attached hydrogens (primary N) is 1. The number of hydrogen-bond donors (Lipinski definition) is 2. The minimum atomic E-state index is -0.607. The Kier molecular flexibility index (Phi) is 5.52. The first-order valence-corrected chi connectivity index (χ1v) is 9.16. The number of thiazole rings is 1. The standard InChI is InChI=1S/C20H19N3O3S/c1-12-7-8-14(9-13(12)2)16-11-27-20(22-16)23-18(24)10-26-17-6-4-3-5-15(17)19(21)25/h3-9,11H,10H2,1-2H3,(H2,21,25)(H,22,23,24). The van der Waals surface area contributed by atoms with Crippen molar-refractivity contribution in [3.05, 3.63) is 64.5 Å². The van der Waals surface area contributed by atoms with E-state index in [1.54, 1.807) is 24.3 Å². The molecule has 0 saturated heterocycles. The van der Waals surface area contributed by atoms with Gasteiger partial charge in [-0.15, -0.1) is 11.3 Å². The summed E-state index contributed by atoms with van der Waals surface area (Å²) in [6, 6.07) is 12.6. The summed E-state index contributed by atoms with van der Waals surface area (Å²) < 4.78 is 5.42. The van der Waals surface area contributed by atoms with E-state index in [1.807, 2.05) is 17.5 Å². The van der Waals surface area contributed by atoms with E-state index in [-0.39, 0.29) is 23.8 Å². The number of ether oxygens (including phenoxy) is 1. The van der Waals surface area contributed by atoms with E-state index in [4.69, 9.17) is 10.5 Å². The zero-order valence-electron chi connectivity index (χ0n) is 15.0. The molecule has 7 heteroatoms. The van der Waals surface area contributed by atoms with Crippen LogP contribution < -0.4 is 15.8 Å². The summed E-state index contributed by atoms with van der Waals surface area (Å²) in [4.78, 5) is 27.9. The van der Waals surface area contributed by atoms with Crippen molar-refractivity contribution in [3.63, 3.8) is 0 Å². The first-order chi connectivity index (χ1) is 12.9. The molecule has 0 spiro atoms. The second-order valence-corrected chi connectivity index (χ2v) is 6.89. The van der Waals surface area contributed by atoms with E-state index in [1.165, 1.54) is 22.5 Å². The number of aromatic nitrogens is 1. The number of hydrogen-bond acceptors (Lipinski definition) is 5. The van der Waals surface area contributed by atoms with Crippen molar-refractivity contribution in [2.45, 2.75) is 13.8 Å². The number of nitrogens with zero attached hydrogens (tertiary/aromatic N) is 1. The van der Waals surface area contributed by atoms with Gasteiger partial charge in [0.25, 0.3) is 11.8 Å². The van der Waals surface area contributed by atoms with Crippen molar-refractivity contribution in [1.82, 2.24) is 4.98 Å². The summed E-state index contributed by atoms with van der Waals surface area (Å²) in [6.45, 7) is 3.86. The molecule has 0 aliphatic rings. The molecule has 3 N–H and O–H groups in total. The van der Waals surface area contributed by atoms with E-state index in [0.717, 1.165) is 11.3 Å². The van der Waals surface area contributed by atoms with Gasteiger partial charge >= 0.3 is 0 Å². The number of benzene rings is 2. The number of carbonyl (C=O) groups excluding carboxylic acids is 2. The number of amides is 2. The van der Waals surface area contributed by atoms with E-state index >= 15 is 0 Å². The first-order valence-electron chi connectivity index (χ1n) is 8.28. The summed E-state index contributed by atoms with van der Waals surface area (Å²) in [6.07, 6.45) is 0. The number of anilines is 1. The molecule has 1 aromatic heterocycles. The average molecular weight is 381 g/mol. The highest BCUT2D eigenvalue weighted by Crippen LogP contribution is 2.26. The number of aryl methyl sites for hydroxylation is 2. The Labute approximate surface area is 161 Å². The lowest BCUT2D eigenvalue weighted by Crippen LogP contribution is -2.21. The van der Waals surface area contributed by atoms with Gasteiger partial charge in [0.2, 0.25) is 0 Å². The summed E-state index contributed by atoms with van der Waals surface area (Å²) in [5.41, 5.74) is 9.74. The lowest BCUT2D eigenvalue weighted by atomic mass is 10.1. The molecule has 138 valence electrons. The van der Waals surface area contributed by atoms with Gasteiger partial charge in [-0.3, -0.25) is 14.9 Å². The highest BCUT2D eigenvalue weighted by molar-refractivity contribution is 7.14. The molecule has 1 heterocycles. The van der Waals surface area contributed by atoms with Crippen LogP contribution in [0.25, 0.3) is 11.3 Å². The normalized spacial score (nSPS) is 10.4. The average Bonchev–Trinajstić information content (AvgIpc) is 3.11. The molecule has 0 bridgehead atoms. The van der Waals surface area contributed by atoms with Gasteiger partial charge < -0.3 is 10.5 Å². The molecule has 27 heavy (non-hydrogen) atoms. The van der Waals surface area contributed by atoms with E-state index in [2.05, 4.69) is 30.2 Å². The maximum absolute atomic E-state index is 12.1. The monoisotopic (exact) mass is 381 g/mol. The maximum atomic E-state index is 12.1. The molecule has 2 amide bonds. The van der Waals surface area contributed by atoms with Gasteiger partial charge in [0.1, 0.15) is 5.75 Å². The molecule has 6 nitrogen and oxygen atoms in total. The molecule has 0 radical (unpaired) electrons. The first kappa shape index (κ1) is 18.6. The number of nitrogens with one attached hydrogen (secondary N) is 1. The van der Waals surface area contributed by atoms with Crippen LogP contribution in [0.15, 0.2) is 47.8 Å². The molecular weight excluding hydrogens is 362 g/mol. The van der Waals surface area contributed by atoms with Crippen LogP contribution in [-0.2, 0) is 4.79 Å². The highest BCUT2D eigenvalue weighted by Gasteiger charge is 2.12. The molecule has 0 saturated carbocycles. The third kappa shape index (κ3) is 4.51. The van der Waals surface area contributed by atoms with Crippen molar-refractivity contribution in [3.8, 4) is 17.0 Å². The van der Waals surface area contributed by atoms with Gasteiger partial charge in [0.05, 0.1) is 11.3 Å². The van der Waals surface area contributed by atoms with Crippen molar-refractivity contribution in [1.29, 1.82) is 0 Å². The second kappa shape index (κ2) is 8.01. The predicted octanol–water partition coefficient (Wildman–Crippen LogP) is 3.54. The molecule has 0 unspecified atom stereocenters. The zero-order chi connectivity index (χ0) is 19.4. The van der Waals surface area contributed by atoms with Crippen molar-refractivity contribution in [2.24, 2.45) is 5.73 Å². The predicted molar refractivity (Wildman–Crippen MR) is 106 cm³/mol. The molecule has 0 aliphatic heterocycles. The van der Waals surface area contributed by atoms with Crippen LogP contribution in [0.4, 0.5) is 5.13 Å². The Hall–Kier alpha value is -3.19. The number of carbonyl (C=O) groups is 2. The number of para-hydroxylation sites is 1. The molecule has 0 fully saturated rings. The van der Waals surface area contributed by atoms with Crippen molar-refractivity contribution >= 4 is 28.3 Å². The smallest absolute Gasteiger partial charge is 0.264 e. The van der Waals surface area contributed by atoms with Crippen LogP contribution in [0.3, 0.4) is 0 Å². The van der Waals surface area contributed by atoms with Crippen LogP contribution >= 0.6 is 11.3 Å². The molecule has 2 aromatic carbocycles. The second-order valence-electron chi connectivity index (χ2n) is 6.03. The zero-order valence-corrected chi connectivity index (χ0v) is 15.8. The van der Waals surface area contributed by atoms with Gasteiger partial charge in [0, 0.05) is 10.9 Å². The largest absolute Gasteiger partial charge is 0.483 e. The summed E-state index contributed by atoms with van der Waals surface area (Å²) >= 11 is 1.34. The fourth-order valence-electron chi connectivity index (χ4n) is 2.46. The van der Waals surface area contributed by atoms with Gasteiger partial charge in [0.15, 0.2) is 11.7 Å². The van der Waals surface area contributed by atoms with Gasteiger partial charge in [-0.2, -0.15) is 0 Å². The van der Waals surface area contributed by atoms with Crippen LogP contribution in [0, 0.1) is 13.8 Å². The number of rotatable bonds is 6. The highest BCUT2D eigenvalue weighted by atomic mass is 32.1. The summed E-state index contributed by atoms with van der Waals surface area (Å²) in [5, 5.41) is 5.08. The molecule has 0 aliphatic carbocycles. The third-order valence-corrected chi connectivity index (χ3v) is 4.82. The molecule has 3 aromatic rings. The maximum Gasteiger partial charge on any atom is 0.264 e.